The van der Waals surface area contributed by atoms with Crippen LogP contribution in [0.15, 0.2) is 36.4 Å². The van der Waals surface area contributed by atoms with E-state index < -0.39 is 9.84 Å². The summed E-state index contributed by atoms with van der Waals surface area (Å²) in [4.78, 5) is 15.0. The second kappa shape index (κ2) is 8.59. The van der Waals surface area contributed by atoms with E-state index >= 15 is 0 Å². The molecule has 1 fully saturated rings. The van der Waals surface area contributed by atoms with Gasteiger partial charge in [-0.15, -0.1) is 0 Å². The summed E-state index contributed by atoms with van der Waals surface area (Å²) in [6.07, 6.45) is 8.17. The Hall–Kier alpha value is -1.62. The highest BCUT2D eigenvalue weighted by molar-refractivity contribution is 7.91. The van der Waals surface area contributed by atoms with Gasteiger partial charge in [0, 0.05) is 31.1 Å². The zero-order valence-electron chi connectivity index (χ0n) is 16.4. The number of rotatable bonds is 7. The van der Waals surface area contributed by atoms with Gasteiger partial charge in [0.05, 0.1) is 11.0 Å². The number of carbonyl (C=O) groups is 1. The van der Waals surface area contributed by atoms with Crippen LogP contribution in [0.3, 0.4) is 0 Å². The summed E-state index contributed by atoms with van der Waals surface area (Å²) in [7, 11) is -2.99. The van der Waals surface area contributed by atoms with Crippen molar-refractivity contribution in [3.63, 3.8) is 0 Å². The standard InChI is InChI=1S/C22H31NO3S/c1-17(2)27(25,26)16-19-5-9-20(10-6-19)22(24)15-18-7-11-21(12-8-18)23-13-3-4-14-23/h3-4,7-8,11-12,17,19-20H,5-6,9-10,13-16H2,1-2H3. The predicted octanol–water partition coefficient (Wildman–Crippen LogP) is 3.80. The van der Waals surface area contributed by atoms with Crippen LogP contribution in [0.1, 0.15) is 45.1 Å². The minimum absolute atomic E-state index is 0.0884. The van der Waals surface area contributed by atoms with Crippen LogP contribution < -0.4 is 4.90 Å². The molecule has 1 saturated carbocycles. The fourth-order valence-corrected chi connectivity index (χ4v) is 5.41. The Kier molecular flexibility index (Phi) is 6.40. The molecule has 1 aliphatic heterocycles. The summed E-state index contributed by atoms with van der Waals surface area (Å²) >= 11 is 0. The molecule has 1 heterocycles. The lowest BCUT2D eigenvalue weighted by Crippen LogP contribution is -2.29. The molecule has 0 radical (unpaired) electrons. The number of hydrogen-bond acceptors (Lipinski definition) is 4. The number of nitrogens with zero attached hydrogens (tertiary/aromatic N) is 1. The molecule has 0 bridgehead atoms. The van der Waals surface area contributed by atoms with Crippen molar-refractivity contribution in [2.75, 3.05) is 23.7 Å². The maximum atomic E-state index is 12.7. The lowest BCUT2D eigenvalue weighted by Gasteiger charge is -2.28. The Balaban J connectivity index is 1.48. The van der Waals surface area contributed by atoms with E-state index in [2.05, 4.69) is 41.3 Å². The third-order valence-electron chi connectivity index (χ3n) is 5.99. The summed E-state index contributed by atoms with van der Waals surface area (Å²) in [5.74, 6) is 0.884. The zero-order valence-corrected chi connectivity index (χ0v) is 17.2. The van der Waals surface area contributed by atoms with Crippen molar-refractivity contribution in [3.05, 3.63) is 42.0 Å². The number of carbonyl (C=O) groups excluding carboxylic acids is 1. The third kappa shape index (κ3) is 5.22. The van der Waals surface area contributed by atoms with E-state index in [1.807, 2.05) is 0 Å². The molecule has 27 heavy (non-hydrogen) atoms. The first kappa shape index (κ1) is 20.1. The van der Waals surface area contributed by atoms with Crippen LogP contribution in [0.2, 0.25) is 0 Å². The van der Waals surface area contributed by atoms with Crippen LogP contribution >= 0.6 is 0 Å². The van der Waals surface area contributed by atoms with Gasteiger partial charge in [-0.1, -0.05) is 24.3 Å². The summed E-state index contributed by atoms with van der Waals surface area (Å²) in [5, 5.41) is -0.309. The van der Waals surface area contributed by atoms with Crippen molar-refractivity contribution < 1.29 is 13.2 Å². The van der Waals surface area contributed by atoms with Gasteiger partial charge in [0.15, 0.2) is 9.84 Å². The highest BCUT2D eigenvalue weighted by Gasteiger charge is 2.29. The van der Waals surface area contributed by atoms with E-state index in [0.717, 1.165) is 44.3 Å². The minimum Gasteiger partial charge on any atom is -0.364 e. The topological polar surface area (TPSA) is 54.5 Å². The van der Waals surface area contributed by atoms with E-state index in [4.69, 9.17) is 0 Å². The highest BCUT2D eigenvalue weighted by atomic mass is 32.2. The molecular formula is C22H31NO3S. The van der Waals surface area contributed by atoms with Crippen LogP contribution in [-0.2, 0) is 21.1 Å². The van der Waals surface area contributed by atoms with Gasteiger partial charge in [0.25, 0.3) is 0 Å². The van der Waals surface area contributed by atoms with Gasteiger partial charge in [-0.25, -0.2) is 8.42 Å². The second-order valence-corrected chi connectivity index (χ2v) is 10.9. The molecule has 0 saturated heterocycles. The molecule has 1 aromatic carbocycles. The Morgan fingerprint density at radius 2 is 1.63 bits per heavy atom. The molecule has 4 nitrogen and oxygen atoms in total. The molecule has 0 aromatic heterocycles. The maximum absolute atomic E-state index is 12.7. The molecule has 1 aromatic rings. The molecule has 0 N–H and O–H groups in total. The summed E-state index contributed by atoms with van der Waals surface area (Å²) in [6.45, 7) is 5.40. The number of sulfone groups is 1. The Morgan fingerprint density at radius 3 is 2.19 bits per heavy atom. The lowest BCUT2D eigenvalue weighted by molar-refractivity contribution is -0.123. The molecule has 3 rings (SSSR count). The van der Waals surface area contributed by atoms with E-state index in [-0.39, 0.29) is 22.8 Å². The van der Waals surface area contributed by atoms with Crippen LogP contribution in [0.25, 0.3) is 0 Å². The van der Waals surface area contributed by atoms with Gasteiger partial charge in [-0.3, -0.25) is 4.79 Å². The first-order chi connectivity index (χ1) is 12.8. The average Bonchev–Trinajstić information content (AvgIpc) is 3.17. The molecule has 5 heteroatoms. The summed E-state index contributed by atoms with van der Waals surface area (Å²) < 4.78 is 24.2. The maximum Gasteiger partial charge on any atom is 0.152 e. The SMILES string of the molecule is CC(C)S(=O)(=O)CC1CCC(C(=O)Cc2ccc(N3CC=CC3)cc2)CC1. The van der Waals surface area contributed by atoms with Crippen LogP contribution in [0, 0.1) is 11.8 Å². The number of anilines is 1. The van der Waals surface area contributed by atoms with E-state index in [1.54, 1.807) is 13.8 Å². The second-order valence-electron chi connectivity index (χ2n) is 8.28. The van der Waals surface area contributed by atoms with Crippen LogP contribution in [0.5, 0.6) is 0 Å². The minimum atomic E-state index is -2.99. The third-order valence-corrected chi connectivity index (χ3v) is 8.36. The summed E-state index contributed by atoms with van der Waals surface area (Å²) in [5.41, 5.74) is 2.27. The van der Waals surface area contributed by atoms with Gasteiger partial charge >= 0.3 is 0 Å². The monoisotopic (exact) mass is 389 g/mol. The smallest absolute Gasteiger partial charge is 0.152 e. The number of benzene rings is 1. The van der Waals surface area contributed by atoms with Crippen molar-refractivity contribution in [1.82, 2.24) is 0 Å². The van der Waals surface area contributed by atoms with Gasteiger partial charge in [-0.05, 0) is 63.1 Å². The summed E-state index contributed by atoms with van der Waals surface area (Å²) in [6, 6.07) is 8.32. The van der Waals surface area contributed by atoms with Gasteiger partial charge < -0.3 is 4.90 Å². The fourth-order valence-electron chi connectivity index (χ4n) is 4.03. The van der Waals surface area contributed by atoms with Gasteiger partial charge in [0.1, 0.15) is 5.78 Å². The van der Waals surface area contributed by atoms with E-state index in [9.17, 15) is 13.2 Å². The van der Waals surface area contributed by atoms with E-state index in [1.165, 1.54) is 5.69 Å². The number of Topliss-reactive ketones (excluding diaryl/α,β-unsaturated/α-hetero) is 1. The van der Waals surface area contributed by atoms with Crippen molar-refractivity contribution in [2.24, 2.45) is 11.8 Å². The molecule has 1 aliphatic carbocycles. The zero-order chi connectivity index (χ0) is 19.4. The first-order valence-electron chi connectivity index (χ1n) is 10.1. The quantitative estimate of drug-likeness (QED) is 0.666. The van der Waals surface area contributed by atoms with E-state index in [0.29, 0.717) is 12.2 Å². The molecule has 2 aliphatic rings. The molecule has 0 spiro atoms. The largest absolute Gasteiger partial charge is 0.364 e. The van der Waals surface area contributed by atoms with Crippen molar-refractivity contribution in [1.29, 1.82) is 0 Å². The molecule has 0 atom stereocenters. The normalized spacial score (nSPS) is 23.1. The predicted molar refractivity (Wildman–Crippen MR) is 111 cm³/mol. The highest BCUT2D eigenvalue weighted by Crippen LogP contribution is 2.31. The van der Waals surface area contributed by atoms with Gasteiger partial charge in [0.2, 0.25) is 0 Å². The van der Waals surface area contributed by atoms with Crippen LogP contribution in [0.4, 0.5) is 5.69 Å². The fraction of sp³-hybridized carbons (Fsp3) is 0.591. The van der Waals surface area contributed by atoms with Gasteiger partial charge in [-0.2, -0.15) is 0 Å². The first-order valence-corrected chi connectivity index (χ1v) is 11.8. The Morgan fingerprint density at radius 1 is 1.04 bits per heavy atom. The molecule has 0 unspecified atom stereocenters. The Labute approximate surface area is 163 Å². The number of hydrogen-bond donors (Lipinski definition) is 0. The average molecular weight is 390 g/mol. The van der Waals surface area contributed by atoms with Crippen molar-refractivity contribution in [3.8, 4) is 0 Å². The lowest BCUT2D eigenvalue weighted by atomic mass is 9.79. The molecule has 0 amide bonds. The van der Waals surface area contributed by atoms with Crippen molar-refractivity contribution in [2.45, 2.75) is 51.2 Å². The Bertz CT molecular complexity index is 764. The molecular weight excluding hydrogens is 358 g/mol. The molecule has 148 valence electrons. The van der Waals surface area contributed by atoms with Crippen molar-refractivity contribution >= 4 is 21.3 Å². The number of ketones is 1. The van der Waals surface area contributed by atoms with Crippen LogP contribution in [-0.4, -0.2) is 38.3 Å².